The molecule has 5 aromatic carbocycles. The average molecular weight is 767 g/mol. The van der Waals surface area contributed by atoms with Crippen LogP contribution in [0.2, 0.25) is 0 Å². The van der Waals surface area contributed by atoms with E-state index in [9.17, 15) is 19.2 Å². The second-order valence-electron chi connectivity index (χ2n) is 17.2. The predicted octanol–water partition coefficient (Wildman–Crippen LogP) is 9.32. The molecule has 0 bridgehead atoms. The molecule has 2 aliphatic rings. The summed E-state index contributed by atoms with van der Waals surface area (Å²) in [7, 11) is 0. The fourth-order valence-corrected chi connectivity index (χ4v) is 6.80. The Labute approximate surface area is 332 Å². The molecule has 4 N–H and O–H groups in total. The quantitative estimate of drug-likeness (QED) is 0.122. The minimum Gasteiger partial charge on any atom is -0.486 e. The van der Waals surface area contributed by atoms with Gasteiger partial charge in [-0.25, -0.2) is 9.80 Å². The number of rotatable bonds is 7. The van der Waals surface area contributed by atoms with Crippen LogP contribution in [0.15, 0.2) is 91.0 Å². The van der Waals surface area contributed by atoms with E-state index in [2.05, 4.69) is 0 Å². The van der Waals surface area contributed by atoms with Gasteiger partial charge in [0.1, 0.15) is 28.2 Å². The van der Waals surface area contributed by atoms with Crippen molar-refractivity contribution < 1.29 is 33.4 Å². The molecule has 0 radical (unpaired) electrons. The fourth-order valence-electron chi connectivity index (χ4n) is 6.80. The van der Waals surface area contributed by atoms with E-state index < -0.39 is 40.4 Å². The topological polar surface area (TPSA) is 154 Å². The molecule has 11 heteroatoms. The highest BCUT2D eigenvalue weighted by atomic mass is 16.5. The molecule has 0 aromatic heterocycles. The predicted molar refractivity (Wildman–Crippen MR) is 222 cm³/mol. The summed E-state index contributed by atoms with van der Waals surface area (Å²) in [5, 5.41) is 0. The number of nitrogen functional groups attached to an aromatic ring is 2. The van der Waals surface area contributed by atoms with E-state index in [1.807, 2.05) is 45.0 Å². The van der Waals surface area contributed by atoms with Crippen LogP contribution in [0.3, 0.4) is 0 Å². The Morgan fingerprint density at radius 2 is 0.789 bits per heavy atom. The molecule has 0 saturated heterocycles. The van der Waals surface area contributed by atoms with Crippen molar-refractivity contribution in [2.24, 2.45) is 0 Å². The third-order valence-electron chi connectivity index (χ3n) is 9.11. The van der Waals surface area contributed by atoms with Crippen LogP contribution in [0.25, 0.3) is 22.3 Å². The number of amides is 4. The first-order valence-corrected chi connectivity index (χ1v) is 18.7. The van der Waals surface area contributed by atoms with Crippen LogP contribution in [0.1, 0.15) is 104 Å². The van der Waals surface area contributed by atoms with Crippen molar-refractivity contribution in [2.45, 2.75) is 79.1 Å². The number of hydrogen-bond donors (Lipinski definition) is 2. The van der Waals surface area contributed by atoms with E-state index in [0.717, 1.165) is 26.5 Å². The third-order valence-corrected chi connectivity index (χ3v) is 9.11. The maximum atomic E-state index is 14.6. The van der Waals surface area contributed by atoms with Crippen molar-refractivity contribution in [3.05, 3.63) is 113 Å². The van der Waals surface area contributed by atoms with Gasteiger partial charge in [0.05, 0.1) is 22.3 Å². The van der Waals surface area contributed by atoms with Crippen molar-refractivity contribution >= 4 is 46.4 Å². The Morgan fingerprint density at radius 3 is 1.23 bits per heavy atom. The van der Waals surface area contributed by atoms with Crippen LogP contribution in [-0.2, 0) is 0 Å². The number of benzene rings is 5. The van der Waals surface area contributed by atoms with Crippen molar-refractivity contribution in [1.29, 1.82) is 0 Å². The molecular weight excluding hydrogens is 721 g/mol. The largest absolute Gasteiger partial charge is 0.486 e. The molecule has 7 rings (SSSR count). The van der Waals surface area contributed by atoms with Crippen LogP contribution in [0, 0.1) is 0 Å². The summed E-state index contributed by atoms with van der Waals surface area (Å²) < 4.78 is 19.9. The normalized spacial score (nSPS) is 14.3. The fraction of sp³-hybridized carbons (Fsp3) is 0.261. The third kappa shape index (κ3) is 7.40. The van der Waals surface area contributed by atoms with Gasteiger partial charge in [-0.05, 0) is 133 Å². The number of carbonyl (C=O) groups is 4. The molecular formula is C46H46N4O7. The zero-order valence-electron chi connectivity index (χ0n) is 33.6. The van der Waals surface area contributed by atoms with Gasteiger partial charge in [-0.15, -0.1) is 0 Å². The first-order chi connectivity index (χ1) is 26.6. The SMILES string of the molecule is CC(C)(C)Oc1cc(N2C(=O)c3ccc(-c4ccc(N)cc4)cc3C2=O)c(OC(C)(C)C)c(OC(C)(C)C)c1N1C(=O)c2ccc(-c3ccc(N)cc3)cc2C1=O. The summed E-state index contributed by atoms with van der Waals surface area (Å²) in [6.45, 7) is 16.2. The lowest BCUT2D eigenvalue weighted by Gasteiger charge is -2.34. The lowest BCUT2D eigenvalue weighted by molar-refractivity contribution is 0.0857. The molecule has 292 valence electrons. The summed E-state index contributed by atoms with van der Waals surface area (Å²) in [4.78, 5) is 60.2. The second-order valence-corrected chi connectivity index (χ2v) is 17.2. The molecule has 57 heavy (non-hydrogen) atoms. The molecule has 2 heterocycles. The molecule has 0 atom stereocenters. The summed E-state index contributed by atoms with van der Waals surface area (Å²) in [6, 6.07) is 26.0. The van der Waals surface area contributed by atoms with Crippen LogP contribution in [-0.4, -0.2) is 40.4 Å². The van der Waals surface area contributed by atoms with Crippen LogP contribution >= 0.6 is 0 Å². The van der Waals surface area contributed by atoms with Crippen LogP contribution in [0.5, 0.6) is 17.2 Å². The number of nitrogens with two attached hydrogens (primary N) is 2. The molecule has 4 amide bonds. The van der Waals surface area contributed by atoms with E-state index >= 15 is 0 Å². The Kier molecular flexibility index (Phi) is 9.18. The molecule has 2 aliphatic heterocycles. The molecule has 0 saturated carbocycles. The first-order valence-electron chi connectivity index (χ1n) is 18.7. The Balaban J connectivity index is 1.45. The van der Waals surface area contributed by atoms with Crippen molar-refractivity contribution in [3.8, 4) is 39.5 Å². The number of fused-ring (bicyclic) bond motifs is 2. The lowest BCUT2D eigenvalue weighted by atomic mass is 10.00. The van der Waals surface area contributed by atoms with Gasteiger partial charge < -0.3 is 25.7 Å². The van der Waals surface area contributed by atoms with E-state index in [1.54, 1.807) is 102 Å². The standard InChI is InChI=1S/C46H46N4O7/c1-44(2,3)55-36-24-35(49-40(51)31-20-14-27(22-33(31)42(49)53)25-10-16-29(47)17-11-25)38(56-45(4,5)6)39(57-46(7,8)9)37(36)50-41(52)32-21-15-28(23-34(32)43(50)54)26-12-18-30(48)19-13-26/h10-24H,47-48H2,1-9H3. The smallest absolute Gasteiger partial charge is 0.266 e. The molecule has 0 fully saturated rings. The summed E-state index contributed by atoms with van der Waals surface area (Å²) in [5.74, 6) is -2.48. The summed E-state index contributed by atoms with van der Waals surface area (Å²) in [6.07, 6.45) is 0. The highest BCUT2D eigenvalue weighted by molar-refractivity contribution is 6.37. The van der Waals surface area contributed by atoms with Gasteiger partial charge in [0.25, 0.3) is 23.6 Å². The van der Waals surface area contributed by atoms with E-state index in [0.29, 0.717) is 16.9 Å². The number of carbonyl (C=O) groups excluding carboxylic acids is 4. The van der Waals surface area contributed by atoms with Gasteiger partial charge in [-0.2, -0.15) is 0 Å². The lowest BCUT2D eigenvalue weighted by Crippen LogP contribution is -2.36. The number of hydrogen-bond acceptors (Lipinski definition) is 9. The van der Waals surface area contributed by atoms with E-state index in [-0.39, 0.29) is 50.9 Å². The van der Waals surface area contributed by atoms with Crippen molar-refractivity contribution in [2.75, 3.05) is 21.3 Å². The highest BCUT2D eigenvalue weighted by Crippen LogP contribution is 2.56. The number of imide groups is 2. The zero-order chi connectivity index (χ0) is 41.4. The maximum absolute atomic E-state index is 14.6. The molecule has 0 aliphatic carbocycles. The summed E-state index contributed by atoms with van der Waals surface area (Å²) in [5.41, 5.74) is 14.1. The van der Waals surface area contributed by atoms with Gasteiger partial charge in [0, 0.05) is 17.4 Å². The average Bonchev–Trinajstić information content (AvgIpc) is 3.51. The van der Waals surface area contributed by atoms with Crippen LogP contribution < -0.4 is 35.5 Å². The van der Waals surface area contributed by atoms with Gasteiger partial charge in [-0.1, -0.05) is 36.4 Å². The highest BCUT2D eigenvalue weighted by Gasteiger charge is 2.46. The number of ether oxygens (including phenoxy) is 3. The van der Waals surface area contributed by atoms with Crippen molar-refractivity contribution in [3.63, 3.8) is 0 Å². The Morgan fingerprint density at radius 1 is 0.421 bits per heavy atom. The Bertz CT molecular complexity index is 2490. The zero-order valence-corrected chi connectivity index (χ0v) is 33.6. The molecule has 0 spiro atoms. The van der Waals surface area contributed by atoms with Gasteiger partial charge in [0.2, 0.25) is 0 Å². The first kappa shape index (κ1) is 38.6. The molecule has 11 nitrogen and oxygen atoms in total. The second kappa shape index (κ2) is 13.5. The minimum absolute atomic E-state index is 0.0189. The van der Waals surface area contributed by atoms with Crippen LogP contribution in [0.4, 0.5) is 22.7 Å². The Hall–Kier alpha value is -6.62. The molecule has 5 aromatic rings. The maximum Gasteiger partial charge on any atom is 0.266 e. The van der Waals surface area contributed by atoms with Gasteiger partial charge in [-0.3, -0.25) is 19.2 Å². The van der Waals surface area contributed by atoms with Gasteiger partial charge >= 0.3 is 0 Å². The number of anilines is 4. The molecule has 0 unspecified atom stereocenters. The minimum atomic E-state index is -0.945. The van der Waals surface area contributed by atoms with Crippen molar-refractivity contribution in [1.82, 2.24) is 0 Å². The van der Waals surface area contributed by atoms with Gasteiger partial charge in [0.15, 0.2) is 17.2 Å². The summed E-state index contributed by atoms with van der Waals surface area (Å²) >= 11 is 0. The monoisotopic (exact) mass is 766 g/mol. The number of nitrogens with zero attached hydrogens (tertiary/aromatic N) is 2. The van der Waals surface area contributed by atoms with E-state index in [4.69, 9.17) is 25.7 Å². The van der Waals surface area contributed by atoms with E-state index in [1.165, 1.54) is 6.07 Å².